The van der Waals surface area contributed by atoms with E-state index in [4.69, 9.17) is 4.52 Å². The first-order valence-corrected chi connectivity index (χ1v) is 9.26. The maximum absolute atomic E-state index is 12.7. The van der Waals surface area contributed by atoms with E-state index in [1.807, 2.05) is 4.90 Å². The SMILES string of the molecule is C[C@@]1(c2nc(C3CC3)no2)CCCN(C(=O)CC2CCCC2)C1. The van der Waals surface area contributed by atoms with Crippen LogP contribution in [0.25, 0.3) is 0 Å². The number of aromatic nitrogens is 2. The fourth-order valence-corrected chi connectivity index (χ4v) is 4.20. The molecule has 2 heterocycles. The Balaban J connectivity index is 1.43. The van der Waals surface area contributed by atoms with Crippen molar-refractivity contribution in [2.24, 2.45) is 5.92 Å². The van der Waals surface area contributed by atoms with Gasteiger partial charge in [0.15, 0.2) is 5.82 Å². The summed E-state index contributed by atoms with van der Waals surface area (Å²) in [5.74, 6) is 3.05. The number of hydrogen-bond donors (Lipinski definition) is 0. The number of carbonyl (C=O) groups is 1. The monoisotopic (exact) mass is 317 g/mol. The second kappa shape index (κ2) is 5.91. The van der Waals surface area contributed by atoms with Gasteiger partial charge in [0.1, 0.15) is 0 Å². The molecule has 5 nitrogen and oxygen atoms in total. The Kier molecular flexibility index (Phi) is 3.90. The fourth-order valence-electron chi connectivity index (χ4n) is 4.20. The minimum atomic E-state index is -0.177. The van der Waals surface area contributed by atoms with Crippen molar-refractivity contribution in [3.05, 3.63) is 11.7 Å². The Morgan fingerprint density at radius 2 is 2.04 bits per heavy atom. The van der Waals surface area contributed by atoms with Gasteiger partial charge in [-0.25, -0.2) is 0 Å². The highest BCUT2D eigenvalue weighted by Gasteiger charge is 2.40. The van der Waals surface area contributed by atoms with Crippen LogP contribution in [-0.2, 0) is 10.2 Å². The molecule has 0 bridgehead atoms. The molecule has 1 saturated heterocycles. The highest BCUT2D eigenvalue weighted by molar-refractivity contribution is 5.76. The maximum Gasteiger partial charge on any atom is 0.234 e. The quantitative estimate of drug-likeness (QED) is 0.854. The van der Waals surface area contributed by atoms with E-state index in [-0.39, 0.29) is 5.41 Å². The predicted molar refractivity (Wildman–Crippen MR) is 86.0 cm³/mol. The van der Waals surface area contributed by atoms with E-state index in [9.17, 15) is 4.79 Å². The molecule has 2 aliphatic carbocycles. The lowest BCUT2D eigenvalue weighted by Crippen LogP contribution is -2.47. The minimum Gasteiger partial charge on any atom is -0.342 e. The van der Waals surface area contributed by atoms with Crippen molar-refractivity contribution in [2.75, 3.05) is 13.1 Å². The van der Waals surface area contributed by atoms with Crippen LogP contribution in [0.5, 0.6) is 0 Å². The van der Waals surface area contributed by atoms with Crippen molar-refractivity contribution < 1.29 is 9.32 Å². The van der Waals surface area contributed by atoms with Gasteiger partial charge in [0.2, 0.25) is 11.8 Å². The summed E-state index contributed by atoms with van der Waals surface area (Å²) in [6, 6.07) is 0. The Bertz CT molecular complexity index is 575. The highest BCUT2D eigenvalue weighted by Crippen LogP contribution is 2.40. The molecular weight excluding hydrogens is 290 g/mol. The van der Waals surface area contributed by atoms with Crippen molar-refractivity contribution in [2.45, 2.75) is 76.0 Å². The summed E-state index contributed by atoms with van der Waals surface area (Å²) in [7, 11) is 0. The van der Waals surface area contributed by atoms with Gasteiger partial charge in [0, 0.05) is 25.4 Å². The summed E-state index contributed by atoms with van der Waals surface area (Å²) in [6.07, 6.45) is 10.2. The molecule has 0 radical (unpaired) electrons. The maximum atomic E-state index is 12.7. The zero-order valence-electron chi connectivity index (χ0n) is 14.1. The molecule has 0 aromatic carbocycles. The van der Waals surface area contributed by atoms with Crippen molar-refractivity contribution in [1.29, 1.82) is 0 Å². The summed E-state index contributed by atoms with van der Waals surface area (Å²) in [4.78, 5) is 19.3. The zero-order chi connectivity index (χ0) is 15.9. The van der Waals surface area contributed by atoms with E-state index in [0.717, 1.165) is 44.1 Å². The average molecular weight is 317 g/mol. The van der Waals surface area contributed by atoms with E-state index in [1.165, 1.54) is 38.5 Å². The largest absolute Gasteiger partial charge is 0.342 e. The van der Waals surface area contributed by atoms with Gasteiger partial charge in [-0.05, 0) is 51.4 Å². The lowest BCUT2D eigenvalue weighted by molar-refractivity contribution is -0.134. The van der Waals surface area contributed by atoms with Crippen LogP contribution in [0, 0.1) is 5.92 Å². The molecule has 1 aliphatic heterocycles. The topological polar surface area (TPSA) is 59.2 Å². The van der Waals surface area contributed by atoms with E-state index in [0.29, 0.717) is 17.7 Å². The molecule has 1 aromatic heterocycles. The number of likely N-dealkylation sites (tertiary alicyclic amines) is 1. The number of amides is 1. The van der Waals surface area contributed by atoms with Crippen LogP contribution in [0.4, 0.5) is 0 Å². The van der Waals surface area contributed by atoms with Gasteiger partial charge < -0.3 is 9.42 Å². The van der Waals surface area contributed by atoms with Gasteiger partial charge in [0.25, 0.3) is 0 Å². The molecular formula is C18H27N3O2. The summed E-state index contributed by atoms with van der Waals surface area (Å²) in [5.41, 5.74) is -0.177. The van der Waals surface area contributed by atoms with Crippen molar-refractivity contribution >= 4 is 5.91 Å². The van der Waals surface area contributed by atoms with Gasteiger partial charge in [0.05, 0.1) is 5.41 Å². The molecule has 0 N–H and O–H groups in total. The van der Waals surface area contributed by atoms with E-state index < -0.39 is 0 Å². The van der Waals surface area contributed by atoms with E-state index in [1.54, 1.807) is 0 Å². The molecule has 3 aliphatic rings. The van der Waals surface area contributed by atoms with Crippen molar-refractivity contribution in [3.8, 4) is 0 Å². The third-order valence-electron chi connectivity index (χ3n) is 5.89. The summed E-state index contributed by atoms with van der Waals surface area (Å²) >= 11 is 0. The number of rotatable bonds is 4. The van der Waals surface area contributed by atoms with Crippen LogP contribution in [0.2, 0.25) is 0 Å². The lowest BCUT2D eigenvalue weighted by atomic mass is 9.81. The lowest BCUT2D eigenvalue weighted by Gasteiger charge is -2.38. The predicted octanol–water partition coefficient (Wildman–Crippen LogP) is 3.41. The molecule has 1 atom stereocenters. The zero-order valence-corrected chi connectivity index (χ0v) is 14.1. The molecule has 0 unspecified atom stereocenters. The van der Waals surface area contributed by atoms with Gasteiger partial charge in [-0.2, -0.15) is 4.98 Å². The molecule has 0 spiro atoms. The average Bonchev–Trinajstić information content (AvgIpc) is 3.05. The number of nitrogens with zero attached hydrogens (tertiary/aromatic N) is 3. The first-order valence-electron chi connectivity index (χ1n) is 9.26. The molecule has 1 aromatic rings. The van der Waals surface area contributed by atoms with Crippen LogP contribution in [0.1, 0.15) is 82.3 Å². The first-order chi connectivity index (χ1) is 11.1. The Morgan fingerprint density at radius 3 is 2.78 bits per heavy atom. The van der Waals surface area contributed by atoms with Gasteiger partial charge in [-0.3, -0.25) is 4.79 Å². The second-order valence-corrected chi connectivity index (χ2v) is 8.07. The fraction of sp³-hybridized carbons (Fsp3) is 0.833. The Morgan fingerprint density at radius 1 is 1.26 bits per heavy atom. The van der Waals surface area contributed by atoms with Crippen LogP contribution in [0.3, 0.4) is 0 Å². The molecule has 3 fully saturated rings. The Labute approximate surface area is 137 Å². The third kappa shape index (κ3) is 3.15. The normalized spacial score (nSPS) is 29.2. The smallest absolute Gasteiger partial charge is 0.234 e. The van der Waals surface area contributed by atoms with Crippen LogP contribution >= 0.6 is 0 Å². The van der Waals surface area contributed by atoms with Gasteiger partial charge in [-0.1, -0.05) is 18.0 Å². The molecule has 4 rings (SSSR count). The number of carbonyl (C=O) groups excluding carboxylic acids is 1. The first kappa shape index (κ1) is 15.2. The van der Waals surface area contributed by atoms with Crippen molar-refractivity contribution in [3.63, 3.8) is 0 Å². The molecule has 2 saturated carbocycles. The summed E-state index contributed by atoms with van der Waals surface area (Å²) in [5, 5.41) is 4.16. The van der Waals surface area contributed by atoms with Crippen LogP contribution < -0.4 is 0 Å². The standard InChI is InChI=1S/C18H27N3O2/c1-18(17-19-16(20-23-17)14-7-8-14)9-4-10-21(12-18)15(22)11-13-5-2-3-6-13/h13-14H,2-12H2,1H3/t18-/m1/s1. The number of hydrogen-bond acceptors (Lipinski definition) is 4. The van der Waals surface area contributed by atoms with Crippen molar-refractivity contribution in [1.82, 2.24) is 15.0 Å². The van der Waals surface area contributed by atoms with E-state index >= 15 is 0 Å². The molecule has 126 valence electrons. The molecule has 5 heteroatoms. The van der Waals surface area contributed by atoms with Crippen LogP contribution in [-0.4, -0.2) is 34.0 Å². The van der Waals surface area contributed by atoms with Crippen LogP contribution in [0.15, 0.2) is 4.52 Å². The van der Waals surface area contributed by atoms with Gasteiger partial charge in [-0.15, -0.1) is 0 Å². The second-order valence-electron chi connectivity index (χ2n) is 8.07. The van der Waals surface area contributed by atoms with E-state index in [2.05, 4.69) is 17.1 Å². The summed E-state index contributed by atoms with van der Waals surface area (Å²) < 4.78 is 5.57. The highest BCUT2D eigenvalue weighted by atomic mass is 16.5. The third-order valence-corrected chi connectivity index (χ3v) is 5.89. The number of piperidine rings is 1. The Hall–Kier alpha value is -1.39. The minimum absolute atomic E-state index is 0.177. The molecule has 23 heavy (non-hydrogen) atoms. The van der Waals surface area contributed by atoms with Gasteiger partial charge >= 0.3 is 0 Å². The summed E-state index contributed by atoms with van der Waals surface area (Å²) in [6.45, 7) is 3.78. The molecule has 1 amide bonds.